The van der Waals surface area contributed by atoms with Crippen LogP contribution in [0.3, 0.4) is 0 Å². The molecule has 0 aromatic rings. The Hall–Kier alpha value is -1.74. The second kappa shape index (κ2) is 16.9. The van der Waals surface area contributed by atoms with E-state index in [1.54, 1.807) is 0 Å². The molecule has 3 aliphatic carbocycles. The first-order valence-corrected chi connectivity index (χ1v) is 17.0. The number of aliphatic hydroxyl groups excluding tert-OH is 1. The zero-order valence-electron chi connectivity index (χ0n) is 29.6. The summed E-state index contributed by atoms with van der Waals surface area (Å²) in [7, 11) is 0. The van der Waals surface area contributed by atoms with Gasteiger partial charge in [0.05, 0.1) is 6.10 Å². The molecule has 0 amide bonds. The van der Waals surface area contributed by atoms with E-state index >= 15 is 0 Å². The van der Waals surface area contributed by atoms with E-state index in [2.05, 4.69) is 100 Å². The van der Waals surface area contributed by atoms with Gasteiger partial charge in [0.2, 0.25) is 0 Å². The third-order valence-electron chi connectivity index (χ3n) is 9.60. The van der Waals surface area contributed by atoms with Gasteiger partial charge in [-0.05, 0) is 97.7 Å². The Kier molecular flexibility index (Phi) is 15.4. The van der Waals surface area contributed by atoms with Gasteiger partial charge in [-0.3, -0.25) is 9.59 Å². The predicted molar refractivity (Wildman–Crippen MR) is 182 cm³/mol. The van der Waals surface area contributed by atoms with Crippen molar-refractivity contribution in [3.8, 4) is 0 Å². The third-order valence-corrected chi connectivity index (χ3v) is 9.60. The van der Waals surface area contributed by atoms with Crippen molar-refractivity contribution in [3.63, 3.8) is 0 Å². The lowest BCUT2D eigenvalue weighted by Crippen LogP contribution is -2.39. The van der Waals surface area contributed by atoms with E-state index in [4.69, 9.17) is 0 Å². The van der Waals surface area contributed by atoms with E-state index in [0.717, 1.165) is 56.1 Å². The summed E-state index contributed by atoms with van der Waals surface area (Å²) >= 11 is 0. The van der Waals surface area contributed by atoms with Crippen LogP contribution in [0.25, 0.3) is 0 Å². The van der Waals surface area contributed by atoms with E-state index in [0.29, 0.717) is 29.8 Å². The van der Waals surface area contributed by atoms with Gasteiger partial charge < -0.3 is 5.11 Å². The molecular formula is C39H66O3. The summed E-state index contributed by atoms with van der Waals surface area (Å²) in [5.41, 5.74) is 5.09. The number of carbonyl (C=O) groups excluding carboxylic acids is 2. The molecule has 0 bridgehead atoms. The highest BCUT2D eigenvalue weighted by Crippen LogP contribution is 2.45. The molecule has 0 aromatic carbocycles. The fourth-order valence-electron chi connectivity index (χ4n) is 7.72. The Balaban J connectivity index is 0.000000315. The standard InChI is InChI=1S/C13H24O.C13H22O.C13H20O/c3*1-5-7-11(14)12-10(2)8-6-9-13(12,3)4/h10,12H,5-9H2,1-4H3;6,8,11,14H,5,7,9H2,1-4H3;6,8H,5,7,9H2,1-4H3. The molecular weight excluding hydrogens is 516 g/mol. The largest absolute Gasteiger partial charge is 0.389 e. The van der Waals surface area contributed by atoms with E-state index in [1.165, 1.54) is 30.4 Å². The van der Waals surface area contributed by atoms with Crippen molar-refractivity contribution < 1.29 is 14.7 Å². The van der Waals surface area contributed by atoms with Gasteiger partial charge in [0.1, 0.15) is 5.78 Å². The highest BCUT2D eigenvalue weighted by Gasteiger charge is 2.40. The van der Waals surface area contributed by atoms with E-state index in [1.807, 2.05) is 6.92 Å². The van der Waals surface area contributed by atoms with Crippen LogP contribution in [0.5, 0.6) is 0 Å². The van der Waals surface area contributed by atoms with Gasteiger partial charge in [0.25, 0.3) is 0 Å². The maximum absolute atomic E-state index is 12.0. The average Bonchev–Trinajstić information content (AvgIpc) is 2.83. The van der Waals surface area contributed by atoms with E-state index in [9.17, 15) is 14.7 Å². The predicted octanol–water partition coefficient (Wildman–Crippen LogP) is 10.9. The van der Waals surface area contributed by atoms with Gasteiger partial charge in [-0.25, -0.2) is 0 Å². The molecule has 0 spiro atoms. The molecule has 1 saturated carbocycles. The Morgan fingerprint density at radius 3 is 1.88 bits per heavy atom. The minimum absolute atomic E-state index is 0.0328. The molecule has 240 valence electrons. The summed E-state index contributed by atoms with van der Waals surface area (Å²) in [5.74, 6) is 1.75. The van der Waals surface area contributed by atoms with Gasteiger partial charge in [-0.15, -0.1) is 0 Å². The fraction of sp³-hybridized carbons (Fsp3) is 0.744. The minimum Gasteiger partial charge on any atom is -0.389 e. The van der Waals surface area contributed by atoms with Crippen LogP contribution in [0.4, 0.5) is 0 Å². The van der Waals surface area contributed by atoms with Crippen LogP contribution in [0.2, 0.25) is 0 Å². The van der Waals surface area contributed by atoms with E-state index in [-0.39, 0.29) is 22.3 Å². The Labute approximate surface area is 260 Å². The van der Waals surface area contributed by atoms with Crippen molar-refractivity contribution in [1.82, 2.24) is 0 Å². The molecule has 0 aliphatic heterocycles. The summed E-state index contributed by atoms with van der Waals surface area (Å²) < 4.78 is 0. The zero-order valence-corrected chi connectivity index (χ0v) is 29.6. The quantitative estimate of drug-likeness (QED) is 0.294. The molecule has 3 aliphatic rings. The third kappa shape index (κ3) is 10.8. The lowest BCUT2D eigenvalue weighted by Gasteiger charge is -2.42. The SMILES string of the molecule is CCCC(=O)C1=C(C)C=CCC1(C)C.CCCC(=O)C1C(C)CCCC1(C)C.CCCC(O)C1=C(C)C=CCC1(C)C. The van der Waals surface area contributed by atoms with Gasteiger partial charge in [0, 0.05) is 24.3 Å². The summed E-state index contributed by atoms with van der Waals surface area (Å²) in [6, 6.07) is 0. The Morgan fingerprint density at radius 2 is 1.40 bits per heavy atom. The van der Waals surface area contributed by atoms with Gasteiger partial charge in [-0.1, -0.05) is 106 Å². The normalized spacial score (nSPS) is 24.7. The van der Waals surface area contributed by atoms with Crippen molar-refractivity contribution >= 4 is 11.6 Å². The van der Waals surface area contributed by atoms with Crippen LogP contribution in [-0.4, -0.2) is 22.8 Å². The molecule has 1 fully saturated rings. The van der Waals surface area contributed by atoms with Crippen LogP contribution in [0.1, 0.15) is 154 Å². The second-order valence-electron chi connectivity index (χ2n) is 15.2. The molecule has 1 N–H and O–H groups in total. The smallest absolute Gasteiger partial charge is 0.159 e. The van der Waals surface area contributed by atoms with Crippen molar-refractivity contribution in [2.45, 2.75) is 160 Å². The number of allylic oxidation sites excluding steroid dienone is 7. The van der Waals surface area contributed by atoms with Crippen molar-refractivity contribution in [2.24, 2.45) is 28.1 Å². The molecule has 0 saturated heterocycles. The topological polar surface area (TPSA) is 54.4 Å². The summed E-state index contributed by atoms with van der Waals surface area (Å²) in [5, 5.41) is 10.1. The van der Waals surface area contributed by atoms with Crippen LogP contribution < -0.4 is 0 Å². The van der Waals surface area contributed by atoms with Crippen LogP contribution in [0.15, 0.2) is 46.6 Å². The Morgan fingerprint density at radius 1 is 0.857 bits per heavy atom. The van der Waals surface area contributed by atoms with Crippen LogP contribution in [0, 0.1) is 28.1 Å². The van der Waals surface area contributed by atoms with Crippen molar-refractivity contribution in [2.75, 3.05) is 0 Å². The number of hydrogen-bond acceptors (Lipinski definition) is 3. The maximum atomic E-state index is 12.0. The number of aliphatic hydroxyl groups is 1. The first-order valence-electron chi connectivity index (χ1n) is 17.0. The van der Waals surface area contributed by atoms with Crippen molar-refractivity contribution in [1.29, 1.82) is 0 Å². The molecule has 3 unspecified atom stereocenters. The molecule has 3 nitrogen and oxygen atoms in total. The minimum atomic E-state index is -0.250. The molecule has 42 heavy (non-hydrogen) atoms. The number of Topliss-reactive ketones (excluding diaryl/α,β-unsaturated/α-hetero) is 2. The molecule has 0 aromatic heterocycles. The molecule has 3 atom stereocenters. The summed E-state index contributed by atoms with van der Waals surface area (Å²) in [6.07, 6.45) is 19.4. The van der Waals surface area contributed by atoms with Crippen LogP contribution >= 0.6 is 0 Å². The summed E-state index contributed by atoms with van der Waals surface area (Å²) in [4.78, 5) is 24.0. The number of ketones is 2. The van der Waals surface area contributed by atoms with Gasteiger partial charge >= 0.3 is 0 Å². The number of hydrogen-bond donors (Lipinski definition) is 1. The van der Waals surface area contributed by atoms with E-state index < -0.39 is 0 Å². The molecule has 0 heterocycles. The van der Waals surface area contributed by atoms with Crippen LogP contribution in [-0.2, 0) is 9.59 Å². The number of carbonyl (C=O) groups is 2. The molecule has 0 radical (unpaired) electrons. The maximum Gasteiger partial charge on any atom is 0.159 e. The highest BCUT2D eigenvalue weighted by atomic mass is 16.3. The molecule has 3 heteroatoms. The second-order valence-corrected chi connectivity index (χ2v) is 15.2. The first-order chi connectivity index (χ1) is 19.5. The lowest BCUT2D eigenvalue weighted by atomic mass is 9.62. The fourth-order valence-corrected chi connectivity index (χ4v) is 7.72. The zero-order chi connectivity index (χ0) is 32.3. The summed E-state index contributed by atoms with van der Waals surface area (Å²) in [6.45, 7) is 25.9. The number of rotatable bonds is 9. The monoisotopic (exact) mass is 583 g/mol. The molecule has 3 rings (SSSR count). The highest BCUT2D eigenvalue weighted by molar-refractivity contribution is 5.97. The Bertz CT molecular complexity index is 1010. The lowest BCUT2D eigenvalue weighted by molar-refractivity contribution is -0.130. The van der Waals surface area contributed by atoms with Crippen molar-refractivity contribution in [3.05, 3.63) is 46.6 Å². The van der Waals surface area contributed by atoms with Gasteiger partial charge in [0.15, 0.2) is 5.78 Å². The van der Waals surface area contributed by atoms with Gasteiger partial charge in [-0.2, -0.15) is 0 Å². The average molecular weight is 583 g/mol. The first kappa shape index (κ1) is 38.3.